The molecule has 1 N–H and O–H groups in total. The normalized spacial score (nSPS) is 17.1. The van der Waals surface area contributed by atoms with Gasteiger partial charge in [-0.25, -0.2) is 18.4 Å². The van der Waals surface area contributed by atoms with E-state index in [2.05, 4.69) is 5.32 Å². The highest BCUT2D eigenvalue weighted by molar-refractivity contribution is 7.09. The number of halogens is 2. The number of benzene rings is 1. The number of carbonyl (C=O) groups excluding carboxylic acids is 2. The summed E-state index contributed by atoms with van der Waals surface area (Å²) in [6.07, 6.45) is 0. The largest absolute Gasteiger partial charge is 0.463 e. The Labute approximate surface area is 159 Å². The number of ether oxygens (including phenoxy) is 1. The molecule has 1 aromatic carbocycles. The maximum absolute atomic E-state index is 14.3. The fourth-order valence-electron chi connectivity index (χ4n) is 3.01. The Morgan fingerprint density at radius 3 is 2.56 bits per heavy atom. The van der Waals surface area contributed by atoms with Crippen LogP contribution in [0.5, 0.6) is 0 Å². The fraction of sp³-hybridized carbons (Fsp3) is 0.263. The van der Waals surface area contributed by atoms with Crippen LogP contribution in [0.4, 0.5) is 13.6 Å². The quantitative estimate of drug-likeness (QED) is 0.779. The summed E-state index contributed by atoms with van der Waals surface area (Å²) in [6, 6.07) is 5.30. The van der Waals surface area contributed by atoms with E-state index in [1.54, 1.807) is 13.8 Å². The van der Waals surface area contributed by atoms with Crippen molar-refractivity contribution < 1.29 is 23.1 Å². The highest BCUT2D eigenvalue weighted by Gasteiger charge is 2.39. The van der Waals surface area contributed by atoms with Crippen LogP contribution in [-0.2, 0) is 16.1 Å². The van der Waals surface area contributed by atoms with Gasteiger partial charge in [-0.1, -0.05) is 12.1 Å². The molecule has 27 heavy (non-hydrogen) atoms. The molecule has 0 fully saturated rings. The molecule has 1 atom stereocenters. The van der Waals surface area contributed by atoms with Gasteiger partial charge < -0.3 is 10.1 Å². The molecule has 0 saturated heterocycles. The Bertz CT molecular complexity index is 876. The van der Waals surface area contributed by atoms with Gasteiger partial charge in [0, 0.05) is 10.6 Å². The summed E-state index contributed by atoms with van der Waals surface area (Å²) in [7, 11) is 0. The molecule has 2 heterocycles. The van der Waals surface area contributed by atoms with Crippen LogP contribution in [0.2, 0.25) is 0 Å². The van der Waals surface area contributed by atoms with Gasteiger partial charge in [0.2, 0.25) is 0 Å². The van der Waals surface area contributed by atoms with E-state index >= 15 is 0 Å². The number of carbonyl (C=O) groups is 2. The zero-order chi connectivity index (χ0) is 19.6. The first kappa shape index (κ1) is 19.0. The number of nitrogens with zero attached hydrogens (tertiary/aromatic N) is 1. The molecular formula is C19H18F2N2O3S. The third kappa shape index (κ3) is 3.71. The van der Waals surface area contributed by atoms with Gasteiger partial charge in [-0.15, -0.1) is 11.3 Å². The third-order valence-electron chi connectivity index (χ3n) is 4.27. The van der Waals surface area contributed by atoms with Crippen molar-refractivity contribution >= 4 is 23.3 Å². The minimum Gasteiger partial charge on any atom is -0.463 e. The van der Waals surface area contributed by atoms with Crippen LogP contribution in [0.25, 0.3) is 0 Å². The lowest BCUT2D eigenvalue weighted by Gasteiger charge is -2.35. The molecule has 0 spiro atoms. The minimum absolute atomic E-state index is 0.0111. The Hall–Kier alpha value is -2.74. The Morgan fingerprint density at radius 1 is 1.26 bits per heavy atom. The molecule has 5 nitrogen and oxygen atoms in total. The van der Waals surface area contributed by atoms with Crippen molar-refractivity contribution in [1.82, 2.24) is 10.2 Å². The zero-order valence-electron chi connectivity index (χ0n) is 14.8. The van der Waals surface area contributed by atoms with Crippen molar-refractivity contribution in [3.63, 3.8) is 0 Å². The summed E-state index contributed by atoms with van der Waals surface area (Å²) in [5.74, 6) is -2.41. The SMILES string of the molecule is CCOC(=O)C1=C(C)N(Cc2cccs2)C(=O)N[C@@H]1c1c(F)cccc1F. The Morgan fingerprint density at radius 2 is 1.96 bits per heavy atom. The number of nitrogens with one attached hydrogen (secondary N) is 1. The second-order valence-electron chi connectivity index (χ2n) is 5.90. The fourth-order valence-corrected chi connectivity index (χ4v) is 3.70. The first-order valence-corrected chi connectivity index (χ1v) is 9.24. The molecule has 2 amide bonds. The standard InChI is InChI=1S/C19H18F2N2O3S/c1-3-26-18(24)15-11(2)23(10-12-6-5-9-27-12)19(25)22-17(15)16-13(20)7-4-8-14(16)21/h4-9,17H,3,10H2,1-2H3,(H,22,25)/t17-/m0/s1. The number of hydrogen-bond acceptors (Lipinski definition) is 4. The molecule has 1 aliphatic heterocycles. The number of thiophene rings is 1. The van der Waals surface area contributed by atoms with Gasteiger partial charge in [0.25, 0.3) is 0 Å². The van der Waals surface area contributed by atoms with Crippen LogP contribution < -0.4 is 5.32 Å². The zero-order valence-corrected chi connectivity index (χ0v) is 15.6. The van der Waals surface area contributed by atoms with Gasteiger partial charge in [0.1, 0.15) is 11.6 Å². The van der Waals surface area contributed by atoms with Crippen LogP contribution in [0.3, 0.4) is 0 Å². The highest BCUT2D eigenvalue weighted by Crippen LogP contribution is 2.34. The van der Waals surface area contributed by atoms with Crippen LogP contribution in [0.15, 0.2) is 47.0 Å². The molecule has 0 radical (unpaired) electrons. The van der Waals surface area contributed by atoms with E-state index in [-0.39, 0.29) is 24.3 Å². The average molecular weight is 392 g/mol. The number of hydrogen-bond donors (Lipinski definition) is 1. The van der Waals surface area contributed by atoms with Crippen molar-refractivity contribution in [2.24, 2.45) is 0 Å². The lowest BCUT2D eigenvalue weighted by molar-refractivity contribution is -0.139. The second-order valence-corrected chi connectivity index (χ2v) is 6.94. The van der Waals surface area contributed by atoms with E-state index in [0.29, 0.717) is 5.70 Å². The third-order valence-corrected chi connectivity index (χ3v) is 5.14. The summed E-state index contributed by atoms with van der Waals surface area (Å²) in [4.78, 5) is 27.5. The number of urea groups is 1. The van der Waals surface area contributed by atoms with Crippen LogP contribution in [-0.4, -0.2) is 23.5 Å². The van der Waals surface area contributed by atoms with Gasteiger partial charge >= 0.3 is 12.0 Å². The van der Waals surface area contributed by atoms with Gasteiger partial charge in [0.15, 0.2) is 0 Å². The average Bonchev–Trinajstić information content (AvgIpc) is 3.11. The molecule has 0 unspecified atom stereocenters. The summed E-state index contributed by atoms with van der Waals surface area (Å²) in [5, 5.41) is 4.42. The first-order chi connectivity index (χ1) is 12.9. The predicted molar refractivity (Wildman–Crippen MR) is 96.8 cm³/mol. The number of amides is 2. The number of esters is 1. The molecular weight excluding hydrogens is 374 g/mol. The highest BCUT2D eigenvalue weighted by atomic mass is 32.1. The monoisotopic (exact) mass is 392 g/mol. The van der Waals surface area contributed by atoms with Crippen LogP contribution >= 0.6 is 11.3 Å². The summed E-state index contributed by atoms with van der Waals surface area (Å²) in [5.41, 5.74) is -0.0701. The lowest BCUT2D eigenvalue weighted by Crippen LogP contribution is -2.48. The minimum atomic E-state index is -1.27. The topological polar surface area (TPSA) is 58.6 Å². The number of rotatable bonds is 5. The molecule has 0 saturated carbocycles. The van der Waals surface area contributed by atoms with Crippen molar-refractivity contribution in [3.05, 3.63) is 69.1 Å². The van der Waals surface area contributed by atoms with Gasteiger partial charge in [-0.3, -0.25) is 4.90 Å². The van der Waals surface area contributed by atoms with E-state index in [1.165, 1.54) is 22.3 Å². The Kier molecular flexibility index (Phi) is 5.55. The predicted octanol–water partition coefficient (Wildman–Crippen LogP) is 4.13. The first-order valence-electron chi connectivity index (χ1n) is 8.36. The second kappa shape index (κ2) is 7.87. The lowest BCUT2D eigenvalue weighted by atomic mass is 9.94. The van der Waals surface area contributed by atoms with Crippen LogP contribution in [0.1, 0.15) is 30.3 Å². The van der Waals surface area contributed by atoms with E-state index < -0.39 is 29.7 Å². The van der Waals surface area contributed by atoms with E-state index in [0.717, 1.165) is 17.0 Å². The van der Waals surface area contributed by atoms with Crippen molar-refractivity contribution in [3.8, 4) is 0 Å². The molecule has 1 aromatic heterocycles. The van der Waals surface area contributed by atoms with Crippen molar-refractivity contribution in [2.45, 2.75) is 26.4 Å². The maximum atomic E-state index is 14.3. The van der Waals surface area contributed by atoms with Crippen LogP contribution in [0, 0.1) is 11.6 Å². The Balaban J connectivity index is 2.10. The van der Waals surface area contributed by atoms with Crippen molar-refractivity contribution in [2.75, 3.05) is 6.61 Å². The van der Waals surface area contributed by atoms with E-state index in [1.807, 2.05) is 17.5 Å². The van der Waals surface area contributed by atoms with Gasteiger partial charge in [0.05, 0.1) is 30.3 Å². The van der Waals surface area contributed by atoms with Crippen molar-refractivity contribution in [1.29, 1.82) is 0 Å². The molecule has 0 bridgehead atoms. The summed E-state index contributed by atoms with van der Waals surface area (Å²) < 4.78 is 33.8. The molecule has 8 heteroatoms. The molecule has 3 rings (SSSR count). The molecule has 1 aliphatic rings. The van der Waals surface area contributed by atoms with Gasteiger partial charge in [-0.2, -0.15) is 0 Å². The molecule has 0 aliphatic carbocycles. The summed E-state index contributed by atoms with van der Waals surface area (Å²) in [6.45, 7) is 3.55. The smallest absolute Gasteiger partial charge is 0.338 e. The maximum Gasteiger partial charge on any atom is 0.338 e. The molecule has 142 valence electrons. The molecule has 2 aromatic rings. The van der Waals surface area contributed by atoms with E-state index in [4.69, 9.17) is 4.74 Å². The van der Waals surface area contributed by atoms with Gasteiger partial charge in [-0.05, 0) is 37.4 Å². The summed E-state index contributed by atoms with van der Waals surface area (Å²) >= 11 is 1.46. The number of allylic oxidation sites excluding steroid dienone is 1. The van der Waals surface area contributed by atoms with E-state index in [9.17, 15) is 18.4 Å².